The molecule has 1 rings (SSSR count). The van der Waals surface area contributed by atoms with E-state index in [1.165, 1.54) is 11.9 Å². The summed E-state index contributed by atoms with van der Waals surface area (Å²) < 4.78 is 63.1. The maximum Gasteiger partial charge on any atom is 0.459 e. The first kappa shape index (κ1) is 15.1. The highest BCUT2D eigenvalue weighted by atomic mass is 19.4. The number of rotatable bonds is 3. The molecule has 1 heterocycles. The van der Waals surface area contributed by atoms with Crippen LogP contribution < -0.4 is 5.56 Å². The molecule has 1 aromatic heterocycles. The van der Waals surface area contributed by atoms with Crippen molar-refractivity contribution >= 4 is 5.97 Å². The molecule has 0 saturated carbocycles. The molecule has 4 nitrogen and oxygen atoms in total. The van der Waals surface area contributed by atoms with Gasteiger partial charge in [-0.2, -0.15) is 22.0 Å². The Kier molecular flexibility index (Phi) is 3.69. The Morgan fingerprint density at radius 3 is 2.21 bits per heavy atom. The number of aromatic carboxylic acids is 1. The molecule has 19 heavy (non-hydrogen) atoms. The SMILES string of the molecule is CCc1cc(C(=O)O)c(=O)[nH]c1C(F)(F)C(F)(F)F. The molecule has 1 aromatic rings. The summed E-state index contributed by atoms with van der Waals surface area (Å²) in [6.45, 7) is 1.26. The molecule has 0 saturated heterocycles. The second-order valence-electron chi connectivity index (χ2n) is 3.64. The van der Waals surface area contributed by atoms with E-state index < -0.39 is 40.4 Å². The number of H-pyrrole nitrogens is 1. The second kappa shape index (κ2) is 4.63. The minimum Gasteiger partial charge on any atom is -0.477 e. The first-order valence-corrected chi connectivity index (χ1v) is 4.96. The van der Waals surface area contributed by atoms with Gasteiger partial charge in [0.15, 0.2) is 0 Å². The maximum absolute atomic E-state index is 13.2. The smallest absolute Gasteiger partial charge is 0.459 e. The normalized spacial score (nSPS) is 12.5. The molecule has 106 valence electrons. The molecule has 0 aromatic carbocycles. The first-order chi connectivity index (χ1) is 8.52. The van der Waals surface area contributed by atoms with Crippen LogP contribution in [0.1, 0.15) is 28.5 Å². The summed E-state index contributed by atoms with van der Waals surface area (Å²) in [5, 5.41) is 8.61. The van der Waals surface area contributed by atoms with Gasteiger partial charge in [-0.1, -0.05) is 6.92 Å². The van der Waals surface area contributed by atoms with Crippen LogP contribution in [0, 0.1) is 0 Å². The van der Waals surface area contributed by atoms with Crippen LogP contribution in [0.5, 0.6) is 0 Å². The topological polar surface area (TPSA) is 70.2 Å². The summed E-state index contributed by atoms with van der Waals surface area (Å²) in [6, 6.07) is 0.524. The fourth-order valence-electron chi connectivity index (χ4n) is 1.43. The molecule has 0 atom stereocenters. The van der Waals surface area contributed by atoms with Gasteiger partial charge in [0, 0.05) is 0 Å². The lowest BCUT2D eigenvalue weighted by atomic mass is 10.0. The lowest BCUT2D eigenvalue weighted by Crippen LogP contribution is -2.37. The van der Waals surface area contributed by atoms with Crippen molar-refractivity contribution in [2.24, 2.45) is 0 Å². The second-order valence-corrected chi connectivity index (χ2v) is 3.64. The monoisotopic (exact) mass is 285 g/mol. The maximum atomic E-state index is 13.2. The van der Waals surface area contributed by atoms with Crippen molar-refractivity contribution in [1.82, 2.24) is 4.98 Å². The minimum atomic E-state index is -5.88. The number of pyridine rings is 1. The van der Waals surface area contributed by atoms with Crippen LogP contribution in [0.15, 0.2) is 10.9 Å². The van der Waals surface area contributed by atoms with Gasteiger partial charge in [0.25, 0.3) is 5.56 Å². The van der Waals surface area contributed by atoms with E-state index in [-0.39, 0.29) is 6.42 Å². The highest BCUT2D eigenvalue weighted by Crippen LogP contribution is 2.43. The first-order valence-electron chi connectivity index (χ1n) is 4.96. The molecule has 0 aliphatic heterocycles. The Balaban J connectivity index is 3.59. The van der Waals surface area contributed by atoms with Gasteiger partial charge in [0.2, 0.25) is 0 Å². The third-order valence-corrected chi connectivity index (χ3v) is 2.40. The number of aryl methyl sites for hydroxylation is 1. The van der Waals surface area contributed by atoms with Crippen LogP contribution in [-0.4, -0.2) is 22.2 Å². The quantitative estimate of drug-likeness (QED) is 0.837. The van der Waals surface area contributed by atoms with Crippen LogP contribution >= 0.6 is 0 Å². The third-order valence-electron chi connectivity index (χ3n) is 2.40. The van der Waals surface area contributed by atoms with Crippen molar-refractivity contribution in [2.45, 2.75) is 25.4 Å². The molecular formula is C10H8F5NO3. The number of halogens is 5. The van der Waals surface area contributed by atoms with Gasteiger partial charge in [-0.05, 0) is 18.1 Å². The van der Waals surface area contributed by atoms with Crippen LogP contribution in [-0.2, 0) is 12.3 Å². The van der Waals surface area contributed by atoms with Crippen molar-refractivity contribution in [3.63, 3.8) is 0 Å². The zero-order valence-corrected chi connectivity index (χ0v) is 9.44. The Labute approximate surface area is 102 Å². The molecule has 0 fully saturated rings. The molecule has 0 spiro atoms. The summed E-state index contributed by atoms with van der Waals surface area (Å²) in [5.41, 5.74) is -4.61. The van der Waals surface area contributed by atoms with Crippen LogP contribution in [0.4, 0.5) is 22.0 Å². The largest absolute Gasteiger partial charge is 0.477 e. The number of hydrogen-bond acceptors (Lipinski definition) is 2. The standard InChI is InChI=1S/C10H8F5NO3/c1-2-4-3-5(8(18)19)7(17)16-6(4)9(11,12)10(13,14)15/h3H,2H2,1H3,(H,16,17)(H,18,19). The zero-order chi connectivity index (χ0) is 15.0. The van der Waals surface area contributed by atoms with Gasteiger partial charge < -0.3 is 10.1 Å². The lowest BCUT2D eigenvalue weighted by molar-refractivity contribution is -0.291. The molecule has 0 radical (unpaired) electrons. The molecule has 0 aliphatic carbocycles. The summed E-state index contributed by atoms with van der Waals surface area (Å²) in [6.07, 6.45) is -6.18. The van der Waals surface area contributed by atoms with E-state index in [1.54, 1.807) is 0 Å². The number of aromatic nitrogens is 1. The molecule has 0 unspecified atom stereocenters. The fourth-order valence-corrected chi connectivity index (χ4v) is 1.43. The predicted molar refractivity (Wildman–Crippen MR) is 53.3 cm³/mol. The zero-order valence-electron chi connectivity index (χ0n) is 9.44. The van der Waals surface area contributed by atoms with E-state index >= 15 is 0 Å². The Hall–Kier alpha value is -1.93. The summed E-state index contributed by atoms with van der Waals surface area (Å²) in [5.74, 6) is -6.97. The number of nitrogens with one attached hydrogen (secondary N) is 1. The number of hydrogen-bond donors (Lipinski definition) is 2. The number of aromatic amines is 1. The van der Waals surface area contributed by atoms with Crippen LogP contribution in [0.2, 0.25) is 0 Å². The van der Waals surface area contributed by atoms with E-state index in [9.17, 15) is 31.5 Å². The van der Waals surface area contributed by atoms with Crippen molar-refractivity contribution in [2.75, 3.05) is 0 Å². The average Bonchev–Trinajstić information content (AvgIpc) is 2.26. The predicted octanol–water partition coefficient (Wildman–Crippen LogP) is 2.29. The Bertz CT molecular complexity index is 561. The van der Waals surface area contributed by atoms with Crippen molar-refractivity contribution in [3.8, 4) is 0 Å². The molecule has 0 amide bonds. The van der Waals surface area contributed by atoms with Crippen molar-refractivity contribution in [3.05, 3.63) is 33.2 Å². The van der Waals surface area contributed by atoms with Crippen molar-refractivity contribution in [1.29, 1.82) is 0 Å². The third kappa shape index (κ3) is 2.59. The molecule has 0 bridgehead atoms. The Morgan fingerprint density at radius 2 is 1.84 bits per heavy atom. The number of carbonyl (C=O) groups is 1. The van der Waals surface area contributed by atoms with E-state index in [0.29, 0.717) is 6.07 Å². The number of alkyl halides is 5. The average molecular weight is 285 g/mol. The summed E-state index contributed by atoms with van der Waals surface area (Å²) in [4.78, 5) is 23.1. The molecular weight excluding hydrogens is 277 g/mol. The van der Waals surface area contributed by atoms with Gasteiger partial charge in [-0.15, -0.1) is 0 Å². The van der Waals surface area contributed by atoms with E-state index in [1.807, 2.05) is 0 Å². The Morgan fingerprint density at radius 1 is 1.32 bits per heavy atom. The van der Waals surface area contributed by atoms with E-state index in [2.05, 4.69) is 0 Å². The lowest BCUT2D eigenvalue weighted by Gasteiger charge is -2.21. The fraction of sp³-hybridized carbons (Fsp3) is 0.400. The van der Waals surface area contributed by atoms with Crippen molar-refractivity contribution < 1.29 is 31.9 Å². The van der Waals surface area contributed by atoms with Crippen LogP contribution in [0.3, 0.4) is 0 Å². The van der Waals surface area contributed by atoms with Gasteiger partial charge in [0.1, 0.15) is 11.3 Å². The van der Waals surface area contributed by atoms with Gasteiger partial charge >= 0.3 is 18.1 Å². The molecule has 9 heteroatoms. The highest BCUT2D eigenvalue weighted by Gasteiger charge is 2.60. The molecule has 2 N–H and O–H groups in total. The summed E-state index contributed by atoms with van der Waals surface area (Å²) >= 11 is 0. The van der Waals surface area contributed by atoms with Gasteiger partial charge in [-0.3, -0.25) is 4.79 Å². The van der Waals surface area contributed by atoms with Gasteiger partial charge in [-0.25, -0.2) is 4.79 Å². The van der Waals surface area contributed by atoms with Crippen LogP contribution in [0.25, 0.3) is 0 Å². The minimum absolute atomic E-state index is 0.294. The summed E-state index contributed by atoms with van der Waals surface area (Å²) in [7, 11) is 0. The van der Waals surface area contributed by atoms with Gasteiger partial charge in [0.05, 0.1) is 0 Å². The van der Waals surface area contributed by atoms with E-state index in [0.717, 1.165) is 0 Å². The number of carboxylic acid groups (broad SMARTS) is 1. The highest BCUT2D eigenvalue weighted by molar-refractivity contribution is 5.87. The molecule has 0 aliphatic rings. The number of carboxylic acids is 1. The van der Waals surface area contributed by atoms with E-state index in [4.69, 9.17) is 5.11 Å².